The van der Waals surface area contributed by atoms with Crippen molar-refractivity contribution in [3.8, 4) is 5.75 Å². The number of likely N-dealkylation sites (tertiary alicyclic amines) is 1. The van der Waals surface area contributed by atoms with Crippen LogP contribution in [0.1, 0.15) is 44.1 Å². The van der Waals surface area contributed by atoms with Crippen LogP contribution in [0.5, 0.6) is 5.75 Å². The highest BCUT2D eigenvalue weighted by Gasteiger charge is 2.29. The van der Waals surface area contributed by atoms with Crippen LogP contribution >= 0.6 is 0 Å². The van der Waals surface area contributed by atoms with Crippen molar-refractivity contribution < 1.29 is 14.3 Å². The van der Waals surface area contributed by atoms with E-state index >= 15 is 0 Å². The predicted octanol–water partition coefficient (Wildman–Crippen LogP) is 3.19. The number of amides is 1. The van der Waals surface area contributed by atoms with Crippen LogP contribution in [0.4, 0.5) is 0 Å². The molecule has 4 nitrogen and oxygen atoms in total. The second kappa shape index (κ2) is 7.82. The summed E-state index contributed by atoms with van der Waals surface area (Å²) in [5.41, 5.74) is 1.19. The number of carbonyl (C=O) groups excluding carboxylic acids is 1. The lowest BCUT2D eigenvalue weighted by Gasteiger charge is -2.26. The van der Waals surface area contributed by atoms with E-state index in [1.807, 2.05) is 18.2 Å². The maximum atomic E-state index is 12.6. The predicted molar refractivity (Wildman–Crippen MR) is 89.6 cm³/mol. The molecule has 4 heteroatoms. The van der Waals surface area contributed by atoms with Crippen LogP contribution in [0, 0.1) is 0 Å². The zero-order valence-corrected chi connectivity index (χ0v) is 14.0. The van der Waals surface area contributed by atoms with Gasteiger partial charge in [0.1, 0.15) is 5.75 Å². The lowest BCUT2D eigenvalue weighted by Crippen LogP contribution is -2.37. The van der Waals surface area contributed by atoms with Gasteiger partial charge in [-0.3, -0.25) is 4.79 Å². The molecule has 1 aromatic carbocycles. The van der Waals surface area contributed by atoms with E-state index in [1.54, 1.807) is 7.11 Å². The zero-order chi connectivity index (χ0) is 16.1. The summed E-state index contributed by atoms with van der Waals surface area (Å²) in [7, 11) is 1.71. The molecule has 1 aromatic rings. The van der Waals surface area contributed by atoms with Crippen LogP contribution in [0.3, 0.4) is 0 Å². The number of carbonyl (C=O) groups is 1. The average Bonchev–Trinajstić information content (AvgIpc) is 3.25. The van der Waals surface area contributed by atoms with Crippen LogP contribution in [-0.2, 0) is 16.0 Å². The standard InChI is InChI=1S/C19H27NO3/c1-22-18-9-3-2-6-15(18)14-16-7-4-12-20(16)19(21)11-10-17-8-5-13-23-17/h2-3,6,9,16-17H,4-5,7-8,10-14H2,1H3/t16-,17+/m0/s1. The highest BCUT2D eigenvalue weighted by molar-refractivity contribution is 5.77. The molecular weight excluding hydrogens is 290 g/mol. The van der Waals surface area contributed by atoms with Gasteiger partial charge in [0, 0.05) is 25.6 Å². The minimum atomic E-state index is 0.290. The molecule has 0 radical (unpaired) electrons. The molecule has 0 aromatic heterocycles. The Hall–Kier alpha value is -1.55. The van der Waals surface area contributed by atoms with E-state index in [1.165, 1.54) is 5.56 Å². The number of para-hydroxylation sites is 1. The minimum absolute atomic E-state index is 0.290. The van der Waals surface area contributed by atoms with E-state index in [0.717, 1.165) is 57.4 Å². The largest absolute Gasteiger partial charge is 0.496 e. The summed E-state index contributed by atoms with van der Waals surface area (Å²) in [6, 6.07) is 8.43. The summed E-state index contributed by atoms with van der Waals surface area (Å²) in [6.45, 7) is 1.75. The first kappa shape index (κ1) is 16.3. The van der Waals surface area contributed by atoms with Gasteiger partial charge in [-0.1, -0.05) is 18.2 Å². The van der Waals surface area contributed by atoms with Crippen molar-refractivity contribution in [3.63, 3.8) is 0 Å². The van der Waals surface area contributed by atoms with Crippen LogP contribution in [0.25, 0.3) is 0 Å². The third kappa shape index (κ3) is 4.05. The van der Waals surface area contributed by atoms with Crippen LogP contribution < -0.4 is 4.74 Å². The lowest BCUT2D eigenvalue weighted by molar-refractivity contribution is -0.132. The van der Waals surface area contributed by atoms with Crippen LogP contribution in [0.15, 0.2) is 24.3 Å². The fraction of sp³-hybridized carbons (Fsp3) is 0.632. The molecule has 2 heterocycles. The second-order valence-electron chi connectivity index (χ2n) is 6.57. The van der Waals surface area contributed by atoms with Gasteiger partial charge >= 0.3 is 0 Å². The quantitative estimate of drug-likeness (QED) is 0.809. The number of hydrogen-bond acceptors (Lipinski definition) is 3. The van der Waals surface area contributed by atoms with Gasteiger partial charge in [0.15, 0.2) is 0 Å². The minimum Gasteiger partial charge on any atom is -0.496 e. The number of rotatable bonds is 6. The molecule has 0 N–H and O–H groups in total. The van der Waals surface area contributed by atoms with Gasteiger partial charge in [-0.05, 0) is 50.2 Å². The number of hydrogen-bond donors (Lipinski definition) is 0. The Morgan fingerprint density at radius 2 is 2.17 bits per heavy atom. The van der Waals surface area contributed by atoms with Crippen molar-refractivity contribution in [2.45, 2.75) is 57.1 Å². The number of methoxy groups -OCH3 is 1. The zero-order valence-electron chi connectivity index (χ0n) is 14.0. The number of nitrogens with zero attached hydrogens (tertiary/aromatic N) is 1. The smallest absolute Gasteiger partial charge is 0.222 e. The first-order valence-electron chi connectivity index (χ1n) is 8.81. The summed E-state index contributed by atoms with van der Waals surface area (Å²) in [5.74, 6) is 1.21. The molecule has 0 unspecified atom stereocenters. The molecule has 2 fully saturated rings. The van der Waals surface area contributed by atoms with Crippen LogP contribution in [-0.4, -0.2) is 43.2 Å². The summed E-state index contributed by atoms with van der Waals surface area (Å²) in [6.07, 6.45) is 7.11. The molecule has 0 saturated carbocycles. The molecule has 23 heavy (non-hydrogen) atoms. The van der Waals surface area contributed by atoms with Gasteiger partial charge in [-0.15, -0.1) is 0 Å². The van der Waals surface area contributed by atoms with Gasteiger partial charge in [-0.2, -0.15) is 0 Å². The van der Waals surface area contributed by atoms with Crippen molar-refractivity contribution in [2.75, 3.05) is 20.3 Å². The second-order valence-corrected chi connectivity index (χ2v) is 6.57. The van der Waals surface area contributed by atoms with Crippen LogP contribution in [0.2, 0.25) is 0 Å². The van der Waals surface area contributed by atoms with E-state index in [4.69, 9.17) is 9.47 Å². The molecule has 126 valence electrons. The molecule has 2 aliphatic rings. The van der Waals surface area contributed by atoms with Gasteiger partial charge in [0.05, 0.1) is 13.2 Å². The number of ether oxygens (including phenoxy) is 2. The average molecular weight is 317 g/mol. The molecule has 0 bridgehead atoms. The van der Waals surface area contributed by atoms with Crippen molar-refractivity contribution >= 4 is 5.91 Å². The molecule has 0 aliphatic carbocycles. The topological polar surface area (TPSA) is 38.8 Å². The molecule has 2 aliphatic heterocycles. The highest BCUT2D eigenvalue weighted by Crippen LogP contribution is 2.27. The molecule has 0 spiro atoms. The van der Waals surface area contributed by atoms with E-state index in [0.29, 0.717) is 18.6 Å². The lowest BCUT2D eigenvalue weighted by atomic mass is 10.0. The maximum absolute atomic E-state index is 12.6. The molecule has 2 saturated heterocycles. The first-order chi connectivity index (χ1) is 11.3. The Morgan fingerprint density at radius 3 is 2.96 bits per heavy atom. The Balaban J connectivity index is 1.57. The molecular formula is C19H27NO3. The summed E-state index contributed by atoms with van der Waals surface area (Å²) in [5, 5.41) is 0. The third-order valence-corrected chi connectivity index (χ3v) is 5.05. The highest BCUT2D eigenvalue weighted by atomic mass is 16.5. The van der Waals surface area contributed by atoms with E-state index in [-0.39, 0.29) is 5.91 Å². The SMILES string of the molecule is COc1ccccc1C[C@@H]1CCCN1C(=O)CC[C@H]1CCCO1. The summed E-state index contributed by atoms with van der Waals surface area (Å²) in [4.78, 5) is 14.7. The Labute approximate surface area is 138 Å². The third-order valence-electron chi connectivity index (χ3n) is 5.05. The van der Waals surface area contributed by atoms with Gasteiger partial charge < -0.3 is 14.4 Å². The van der Waals surface area contributed by atoms with Gasteiger partial charge in [0.25, 0.3) is 0 Å². The Kier molecular flexibility index (Phi) is 5.55. The molecule has 3 rings (SSSR count). The summed E-state index contributed by atoms with van der Waals surface area (Å²) < 4.78 is 11.1. The van der Waals surface area contributed by atoms with Gasteiger partial charge in [0.2, 0.25) is 5.91 Å². The van der Waals surface area contributed by atoms with E-state index in [2.05, 4.69) is 11.0 Å². The monoisotopic (exact) mass is 317 g/mol. The van der Waals surface area contributed by atoms with Crippen molar-refractivity contribution in [1.29, 1.82) is 0 Å². The fourth-order valence-electron chi connectivity index (χ4n) is 3.80. The van der Waals surface area contributed by atoms with Crippen molar-refractivity contribution in [3.05, 3.63) is 29.8 Å². The van der Waals surface area contributed by atoms with Crippen molar-refractivity contribution in [2.24, 2.45) is 0 Å². The maximum Gasteiger partial charge on any atom is 0.222 e. The van der Waals surface area contributed by atoms with E-state index in [9.17, 15) is 4.79 Å². The van der Waals surface area contributed by atoms with Crippen molar-refractivity contribution in [1.82, 2.24) is 4.90 Å². The fourth-order valence-corrected chi connectivity index (χ4v) is 3.80. The number of benzene rings is 1. The first-order valence-corrected chi connectivity index (χ1v) is 8.81. The molecule has 2 atom stereocenters. The molecule has 1 amide bonds. The van der Waals surface area contributed by atoms with E-state index < -0.39 is 0 Å². The Morgan fingerprint density at radius 1 is 1.30 bits per heavy atom. The summed E-state index contributed by atoms with van der Waals surface area (Å²) >= 11 is 0. The normalized spacial score (nSPS) is 24.1. The van der Waals surface area contributed by atoms with Gasteiger partial charge in [-0.25, -0.2) is 0 Å². The Bertz CT molecular complexity index is 525.